The largest absolute Gasteiger partial charge is 0.398 e. The molecule has 0 heterocycles. The number of hydrogen-bond donors (Lipinski definition) is 1. The summed E-state index contributed by atoms with van der Waals surface area (Å²) in [5.41, 5.74) is 13.2. The highest BCUT2D eigenvalue weighted by molar-refractivity contribution is 5.71. The zero-order valence-electron chi connectivity index (χ0n) is 10.7. The van der Waals surface area contributed by atoms with Crippen LogP contribution in [0.15, 0.2) is 36.4 Å². The first kappa shape index (κ1) is 11.7. The zero-order chi connectivity index (χ0) is 12.4. The molecule has 0 atom stereocenters. The Kier molecular flexibility index (Phi) is 3.19. The van der Waals surface area contributed by atoms with Gasteiger partial charge in [0.05, 0.1) is 0 Å². The number of hydrogen-bond acceptors (Lipinski definition) is 1. The molecule has 0 spiro atoms. The monoisotopic (exact) mass is 225 g/mol. The van der Waals surface area contributed by atoms with Gasteiger partial charge in [-0.3, -0.25) is 0 Å². The fraction of sp³-hybridized carbons (Fsp3) is 0.250. The van der Waals surface area contributed by atoms with Gasteiger partial charge in [0.25, 0.3) is 0 Å². The van der Waals surface area contributed by atoms with Crippen molar-refractivity contribution in [3.05, 3.63) is 53.1 Å². The lowest BCUT2D eigenvalue weighted by Crippen LogP contribution is -1.94. The summed E-state index contributed by atoms with van der Waals surface area (Å²) in [4.78, 5) is 0. The molecular weight excluding hydrogens is 206 g/mol. The average Bonchev–Trinajstić information content (AvgIpc) is 2.29. The Morgan fingerprint density at radius 3 is 2.35 bits per heavy atom. The van der Waals surface area contributed by atoms with Crippen molar-refractivity contribution in [2.75, 3.05) is 5.73 Å². The third-order valence-electron chi connectivity index (χ3n) is 3.22. The number of benzene rings is 2. The Morgan fingerprint density at radius 1 is 1.00 bits per heavy atom. The van der Waals surface area contributed by atoms with E-state index in [1.54, 1.807) is 0 Å². The molecule has 0 radical (unpaired) electrons. The van der Waals surface area contributed by atoms with E-state index in [0.717, 1.165) is 12.1 Å². The highest BCUT2D eigenvalue weighted by Crippen LogP contribution is 2.27. The van der Waals surface area contributed by atoms with Crippen molar-refractivity contribution in [1.29, 1.82) is 0 Å². The highest BCUT2D eigenvalue weighted by atomic mass is 14.6. The van der Waals surface area contributed by atoms with Gasteiger partial charge in [-0.05, 0) is 48.6 Å². The van der Waals surface area contributed by atoms with Crippen molar-refractivity contribution in [3.63, 3.8) is 0 Å². The predicted octanol–water partition coefficient (Wildman–Crippen LogP) is 4.12. The van der Waals surface area contributed by atoms with Gasteiger partial charge >= 0.3 is 0 Å². The fourth-order valence-electron chi connectivity index (χ4n) is 2.22. The van der Waals surface area contributed by atoms with E-state index >= 15 is 0 Å². The van der Waals surface area contributed by atoms with Crippen molar-refractivity contribution in [2.24, 2.45) is 0 Å². The van der Waals surface area contributed by atoms with Crippen LogP contribution in [-0.4, -0.2) is 0 Å². The Labute approximate surface area is 103 Å². The lowest BCUT2D eigenvalue weighted by atomic mass is 9.97. The van der Waals surface area contributed by atoms with Gasteiger partial charge in [-0.2, -0.15) is 0 Å². The second kappa shape index (κ2) is 4.62. The maximum atomic E-state index is 6.05. The van der Waals surface area contributed by atoms with E-state index in [9.17, 15) is 0 Å². The van der Waals surface area contributed by atoms with Crippen LogP contribution >= 0.6 is 0 Å². The number of aryl methyl sites for hydroxylation is 3. The molecular formula is C16H19N. The first-order chi connectivity index (χ1) is 8.11. The Hall–Kier alpha value is -1.76. The Balaban J connectivity index is 2.50. The average molecular weight is 225 g/mol. The van der Waals surface area contributed by atoms with Gasteiger partial charge in [-0.25, -0.2) is 0 Å². The predicted molar refractivity (Wildman–Crippen MR) is 75.1 cm³/mol. The zero-order valence-corrected chi connectivity index (χ0v) is 10.7. The van der Waals surface area contributed by atoms with Gasteiger partial charge < -0.3 is 5.73 Å². The van der Waals surface area contributed by atoms with Crippen LogP contribution in [0, 0.1) is 13.8 Å². The molecule has 0 aliphatic heterocycles. The molecule has 0 amide bonds. The maximum absolute atomic E-state index is 6.05. The molecule has 0 aliphatic rings. The summed E-state index contributed by atoms with van der Waals surface area (Å²) >= 11 is 0. The summed E-state index contributed by atoms with van der Waals surface area (Å²) in [6.07, 6.45) is 0.985. The topological polar surface area (TPSA) is 26.0 Å². The van der Waals surface area contributed by atoms with Crippen molar-refractivity contribution in [1.82, 2.24) is 0 Å². The molecule has 2 N–H and O–H groups in total. The van der Waals surface area contributed by atoms with Crippen LogP contribution in [0.4, 0.5) is 5.69 Å². The minimum atomic E-state index is 0.893. The van der Waals surface area contributed by atoms with Gasteiger partial charge in [0.15, 0.2) is 0 Å². The summed E-state index contributed by atoms with van der Waals surface area (Å²) in [5, 5.41) is 0. The molecule has 0 unspecified atom stereocenters. The van der Waals surface area contributed by atoms with Crippen LogP contribution in [0.1, 0.15) is 23.6 Å². The minimum absolute atomic E-state index is 0.893. The van der Waals surface area contributed by atoms with Crippen LogP contribution in [0.2, 0.25) is 0 Å². The Morgan fingerprint density at radius 2 is 1.76 bits per heavy atom. The third-order valence-corrected chi connectivity index (χ3v) is 3.22. The van der Waals surface area contributed by atoms with Gasteiger partial charge in [-0.1, -0.05) is 42.8 Å². The van der Waals surface area contributed by atoms with Gasteiger partial charge in [0.1, 0.15) is 0 Å². The van der Waals surface area contributed by atoms with E-state index in [4.69, 9.17) is 5.73 Å². The first-order valence-corrected chi connectivity index (χ1v) is 6.08. The molecule has 1 heteroatoms. The van der Waals surface area contributed by atoms with E-state index in [-0.39, 0.29) is 0 Å². The second-order valence-electron chi connectivity index (χ2n) is 4.59. The number of nitrogens with two attached hydrogens (primary N) is 1. The lowest BCUT2D eigenvalue weighted by Gasteiger charge is -2.10. The van der Waals surface area contributed by atoms with E-state index in [0.29, 0.717) is 0 Å². The molecule has 2 aromatic carbocycles. The SMILES string of the molecule is CCc1ccc(-c2ccc(C)cc2C)cc1N. The van der Waals surface area contributed by atoms with Crippen LogP contribution in [-0.2, 0) is 6.42 Å². The summed E-state index contributed by atoms with van der Waals surface area (Å²) in [6.45, 7) is 6.39. The summed E-state index contributed by atoms with van der Waals surface area (Å²) in [6, 6.07) is 12.9. The van der Waals surface area contributed by atoms with E-state index < -0.39 is 0 Å². The molecule has 0 aliphatic carbocycles. The van der Waals surface area contributed by atoms with E-state index in [1.165, 1.54) is 27.8 Å². The molecule has 1 nitrogen and oxygen atoms in total. The lowest BCUT2D eigenvalue weighted by molar-refractivity contribution is 1.14. The van der Waals surface area contributed by atoms with E-state index in [2.05, 4.69) is 57.2 Å². The molecule has 88 valence electrons. The molecule has 0 aromatic heterocycles. The summed E-state index contributed by atoms with van der Waals surface area (Å²) in [5.74, 6) is 0. The molecule has 2 aromatic rings. The molecule has 0 bridgehead atoms. The van der Waals surface area contributed by atoms with Crippen molar-refractivity contribution in [2.45, 2.75) is 27.2 Å². The van der Waals surface area contributed by atoms with Crippen LogP contribution < -0.4 is 5.73 Å². The summed E-state index contributed by atoms with van der Waals surface area (Å²) < 4.78 is 0. The van der Waals surface area contributed by atoms with E-state index in [1.807, 2.05) is 0 Å². The van der Waals surface area contributed by atoms with Crippen LogP contribution in [0.3, 0.4) is 0 Å². The second-order valence-corrected chi connectivity index (χ2v) is 4.59. The number of anilines is 1. The molecule has 2 rings (SSSR count). The molecule has 0 fully saturated rings. The fourth-order valence-corrected chi connectivity index (χ4v) is 2.22. The minimum Gasteiger partial charge on any atom is -0.398 e. The quantitative estimate of drug-likeness (QED) is 0.764. The van der Waals surface area contributed by atoms with Gasteiger partial charge in [0, 0.05) is 5.69 Å². The van der Waals surface area contributed by atoms with Gasteiger partial charge in [-0.15, -0.1) is 0 Å². The molecule has 0 saturated carbocycles. The normalized spacial score (nSPS) is 10.5. The molecule has 17 heavy (non-hydrogen) atoms. The number of rotatable bonds is 2. The van der Waals surface area contributed by atoms with Crippen molar-refractivity contribution < 1.29 is 0 Å². The molecule has 0 saturated heterocycles. The van der Waals surface area contributed by atoms with Crippen LogP contribution in [0.25, 0.3) is 11.1 Å². The standard InChI is InChI=1S/C16H19N/c1-4-13-6-7-14(10-16(13)17)15-8-5-11(2)9-12(15)3/h5-10H,4,17H2,1-3H3. The van der Waals surface area contributed by atoms with Crippen molar-refractivity contribution >= 4 is 5.69 Å². The third kappa shape index (κ3) is 2.33. The number of nitrogen functional groups attached to an aromatic ring is 1. The Bertz CT molecular complexity index is 541. The van der Waals surface area contributed by atoms with Crippen LogP contribution in [0.5, 0.6) is 0 Å². The summed E-state index contributed by atoms with van der Waals surface area (Å²) in [7, 11) is 0. The van der Waals surface area contributed by atoms with Gasteiger partial charge in [0.2, 0.25) is 0 Å². The smallest absolute Gasteiger partial charge is 0.0352 e. The first-order valence-electron chi connectivity index (χ1n) is 6.08. The highest BCUT2D eigenvalue weighted by Gasteiger charge is 2.04. The maximum Gasteiger partial charge on any atom is 0.0352 e. The van der Waals surface area contributed by atoms with Crippen molar-refractivity contribution in [3.8, 4) is 11.1 Å².